The summed E-state index contributed by atoms with van der Waals surface area (Å²) in [6, 6.07) is 7.47. The van der Waals surface area contributed by atoms with Crippen LogP contribution in [-0.2, 0) is 11.2 Å². The molecule has 2 aliphatic heterocycles. The van der Waals surface area contributed by atoms with Crippen molar-refractivity contribution < 1.29 is 18.3 Å². The van der Waals surface area contributed by atoms with Crippen molar-refractivity contribution >= 4 is 22.6 Å². The topological polar surface area (TPSA) is 116 Å². The number of carbonyl (C=O) groups excluding carboxylic acids is 1. The molecule has 4 heterocycles. The van der Waals surface area contributed by atoms with Crippen LogP contribution in [0.25, 0.3) is 22.2 Å². The van der Waals surface area contributed by atoms with E-state index in [0.29, 0.717) is 30.2 Å². The van der Waals surface area contributed by atoms with Crippen LogP contribution in [0.1, 0.15) is 49.1 Å². The lowest BCUT2D eigenvalue weighted by Gasteiger charge is -2.30. The number of alkyl halides is 1. The van der Waals surface area contributed by atoms with E-state index in [1.54, 1.807) is 6.20 Å². The maximum Gasteiger partial charge on any atom is 0.319 e. The Hall–Kier alpha value is -4.17. The number of rotatable bonds is 10. The van der Waals surface area contributed by atoms with Crippen LogP contribution >= 0.6 is 0 Å². The number of halogens is 2. The maximum atomic E-state index is 16.5. The van der Waals surface area contributed by atoms with Crippen molar-refractivity contribution in [2.45, 2.75) is 62.2 Å². The minimum absolute atomic E-state index is 0.0258. The Labute approximate surface area is 248 Å². The van der Waals surface area contributed by atoms with Gasteiger partial charge in [-0.15, -0.1) is 0 Å². The van der Waals surface area contributed by atoms with Crippen LogP contribution in [0.3, 0.4) is 0 Å². The molecule has 1 aromatic carbocycles. The molecule has 0 bridgehead atoms. The molecule has 0 spiro atoms. The molecule has 1 saturated carbocycles. The molecule has 222 valence electrons. The highest BCUT2D eigenvalue weighted by atomic mass is 19.1. The smallest absolute Gasteiger partial charge is 0.319 e. The van der Waals surface area contributed by atoms with Crippen molar-refractivity contribution in [1.29, 1.82) is 5.26 Å². The van der Waals surface area contributed by atoms with Crippen LogP contribution in [0.15, 0.2) is 37.1 Å². The van der Waals surface area contributed by atoms with Gasteiger partial charge in [0, 0.05) is 31.3 Å². The van der Waals surface area contributed by atoms with Crippen molar-refractivity contribution in [2.75, 3.05) is 31.6 Å². The standard InChI is InChI=1S/C32H33F2N7O2/c1-2-25(42)38-21(7-9-35)14-37-30-24-15-36-28(22-6-3-5-18-11-19-12-23(19)26(18)22)27(34)29(24)39-31(40-30)43-17-32-8-4-10-41(32)16-20(33)13-32/h2-3,5-6,15,19-21,23H,1,4,7-8,10-14,16-17H2,(H,38,42)(H,37,39,40)/t19-,20+,21-,23+,32-/m0/s1. The molecule has 2 aromatic heterocycles. The Morgan fingerprint density at radius 3 is 3.09 bits per heavy atom. The molecule has 1 amide bonds. The molecule has 11 heteroatoms. The number of carbonyl (C=O) groups is 1. The van der Waals surface area contributed by atoms with Crippen LogP contribution in [0.5, 0.6) is 6.01 Å². The zero-order valence-electron chi connectivity index (χ0n) is 23.8. The van der Waals surface area contributed by atoms with E-state index >= 15 is 4.39 Å². The quantitative estimate of drug-likeness (QED) is 0.336. The molecule has 9 nitrogen and oxygen atoms in total. The molecule has 0 unspecified atom stereocenters. The van der Waals surface area contributed by atoms with E-state index in [0.717, 1.165) is 43.9 Å². The van der Waals surface area contributed by atoms with E-state index in [4.69, 9.17) is 4.74 Å². The minimum atomic E-state index is -0.911. The Morgan fingerprint density at radius 2 is 2.26 bits per heavy atom. The van der Waals surface area contributed by atoms with Gasteiger partial charge in [-0.25, -0.2) is 8.78 Å². The van der Waals surface area contributed by atoms with Gasteiger partial charge in [0.15, 0.2) is 5.82 Å². The molecular weight excluding hydrogens is 552 g/mol. The number of amides is 1. The fourth-order valence-corrected chi connectivity index (χ4v) is 7.38. The van der Waals surface area contributed by atoms with Crippen LogP contribution < -0.4 is 15.4 Å². The second kappa shape index (κ2) is 10.8. The molecule has 4 aliphatic rings. The number of aromatic nitrogens is 3. The molecule has 3 aromatic rings. The van der Waals surface area contributed by atoms with Crippen molar-refractivity contribution in [1.82, 2.24) is 25.2 Å². The summed E-state index contributed by atoms with van der Waals surface area (Å²) in [5, 5.41) is 15.5. The lowest BCUT2D eigenvalue weighted by Crippen LogP contribution is -2.43. The maximum absolute atomic E-state index is 16.5. The van der Waals surface area contributed by atoms with Gasteiger partial charge in [0.2, 0.25) is 5.91 Å². The summed E-state index contributed by atoms with van der Waals surface area (Å²) in [6.07, 6.45) is 6.13. The van der Waals surface area contributed by atoms with E-state index < -0.39 is 29.5 Å². The average Bonchev–Trinajstić information content (AvgIpc) is 3.32. The summed E-state index contributed by atoms with van der Waals surface area (Å²) < 4.78 is 37.0. The third-order valence-electron chi connectivity index (χ3n) is 9.51. The summed E-state index contributed by atoms with van der Waals surface area (Å²) in [4.78, 5) is 27.7. The van der Waals surface area contributed by atoms with Crippen molar-refractivity contribution in [2.24, 2.45) is 5.92 Å². The number of ether oxygens (including phenoxy) is 1. The summed E-state index contributed by atoms with van der Waals surface area (Å²) in [6.45, 7) is 5.00. The van der Waals surface area contributed by atoms with Gasteiger partial charge < -0.3 is 15.4 Å². The monoisotopic (exact) mass is 585 g/mol. The van der Waals surface area contributed by atoms with Gasteiger partial charge in [-0.3, -0.25) is 14.7 Å². The van der Waals surface area contributed by atoms with Gasteiger partial charge >= 0.3 is 6.01 Å². The molecule has 43 heavy (non-hydrogen) atoms. The van der Waals surface area contributed by atoms with E-state index in [-0.39, 0.29) is 42.6 Å². The number of pyridine rings is 1. The predicted octanol–water partition coefficient (Wildman–Crippen LogP) is 4.44. The zero-order valence-corrected chi connectivity index (χ0v) is 23.8. The first kappa shape index (κ1) is 27.7. The number of benzene rings is 1. The molecule has 7 rings (SSSR count). The number of fused-ring (bicyclic) bond motifs is 5. The molecule has 2 N–H and O–H groups in total. The lowest BCUT2D eigenvalue weighted by molar-refractivity contribution is -0.117. The average molecular weight is 586 g/mol. The fourth-order valence-electron chi connectivity index (χ4n) is 7.38. The van der Waals surface area contributed by atoms with Gasteiger partial charge in [0.05, 0.1) is 29.5 Å². The Morgan fingerprint density at radius 1 is 1.37 bits per heavy atom. The Balaban J connectivity index is 1.25. The zero-order chi connectivity index (χ0) is 29.7. The van der Waals surface area contributed by atoms with Gasteiger partial charge in [-0.05, 0) is 61.3 Å². The van der Waals surface area contributed by atoms with E-state index in [1.165, 1.54) is 11.1 Å². The van der Waals surface area contributed by atoms with Gasteiger partial charge in [-0.2, -0.15) is 15.2 Å². The van der Waals surface area contributed by atoms with Gasteiger partial charge in [0.1, 0.15) is 29.8 Å². The van der Waals surface area contributed by atoms with Crippen molar-refractivity contribution in [3.05, 3.63) is 54.0 Å². The summed E-state index contributed by atoms with van der Waals surface area (Å²) in [7, 11) is 0. The number of nitriles is 1. The van der Waals surface area contributed by atoms with Crippen molar-refractivity contribution in [3.63, 3.8) is 0 Å². The minimum Gasteiger partial charge on any atom is -0.461 e. The number of nitrogens with one attached hydrogen (secondary N) is 2. The highest BCUT2D eigenvalue weighted by Gasteiger charge is 2.49. The molecule has 3 fully saturated rings. The molecule has 5 atom stereocenters. The second-order valence-corrected chi connectivity index (χ2v) is 12.2. The van der Waals surface area contributed by atoms with E-state index in [2.05, 4.69) is 49.2 Å². The third kappa shape index (κ3) is 4.97. The first-order valence-corrected chi connectivity index (χ1v) is 14.9. The SMILES string of the molecule is C=CC(=O)N[C@@H](CC#N)CNc1nc(OC[C@@]23CCCN2C[C@H](F)C3)nc2c(F)c(-c3cccc4c3[C@@H]3C[C@@H]3C4)ncc12. The number of nitrogens with zero attached hydrogens (tertiary/aromatic N) is 5. The second-order valence-electron chi connectivity index (χ2n) is 12.2. The number of anilines is 1. The Bertz CT molecular complexity index is 1660. The third-order valence-corrected chi connectivity index (χ3v) is 9.51. The lowest BCUT2D eigenvalue weighted by atomic mass is 9.95. The number of hydrogen-bond acceptors (Lipinski definition) is 8. The molecule has 2 aliphatic carbocycles. The summed E-state index contributed by atoms with van der Waals surface area (Å²) in [5.74, 6) is 0.378. The molecular formula is C32H33F2N7O2. The Kier molecular flexibility index (Phi) is 6.96. The van der Waals surface area contributed by atoms with Gasteiger partial charge in [-0.1, -0.05) is 24.8 Å². The molecule has 2 saturated heterocycles. The van der Waals surface area contributed by atoms with Crippen LogP contribution in [0.4, 0.5) is 14.6 Å². The summed E-state index contributed by atoms with van der Waals surface area (Å²) in [5.41, 5.74) is 3.10. The highest BCUT2D eigenvalue weighted by molar-refractivity contribution is 5.92. The van der Waals surface area contributed by atoms with E-state index in [9.17, 15) is 14.4 Å². The van der Waals surface area contributed by atoms with Crippen LogP contribution in [-0.4, -0.2) is 69.8 Å². The largest absolute Gasteiger partial charge is 0.461 e. The predicted molar refractivity (Wildman–Crippen MR) is 157 cm³/mol. The fraction of sp³-hybridized carbons (Fsp3) is 0.469. The van der Waals surface area contributed by atoms with Crippen LogP contribution in [0, 0.1) is 23.1 Å². The normalized spacial score (nSPS) is 25.8. The highest BCUT2D eigenvalue weighted by Crippen LogP contribution is 2.58. The first-order chi connectivity index (χ1) is 20.9. The van der Waals surface area contributed by atoms with Gasteiger partial charge in [0.25, 0.3) is 0 Å². The van der Waals surface area contributed by atoms with Crippen molar-refractivity contribution in [3.8, 4) is 23.3 Å². The van der Waals surface area contributed by atoms with Crippen LogP contribution in [0.2, 0.25) is 0 Å². The first-order valence-electron chi connectivity index (χ1n) is 14.9. The number of hydrogen-bond donors (Lipinski definition) is 2. The molecule has 0 radical (unpaired) electrons. The summed E-state index contributed by atoms with van der Waals surface area (Å²) >= 11 is 0. The van der Waals surface area contributed by atoms with E-state index in [1.807, 2.05) is 12.1 Å².